The number of rotatable bonds is 7. The quantitative estimate of drug-likeness (QED) is 0.366. The fourth-order valence-corrected chi connectivity index (χ4v) is 3.68. The molecule has 0 unspecified atom stereocenters. The first-order chi connectivity index (χ1) is 15.5. The summed E-state index contributed by atoms with van der Waals surface area (Å²) in [5, 5.41) is 3.84. The number of carbonyl (C=O) groups excluding carboxylic acids is 1. The summed E-state index contributed by atoms with van der Waals surface area (Å²) in [5.41, 5.74) is 5.34. The number of fused-ring (bicyclic) bond motifs is 1. The molecule has 1 aromatic heterocycles. The maximum atomic E-state index is 13.0. The van der Waals surface area contributed by atoms with E-state index >= 15 is 0 Å². The highest BCUT2D eigenvalue weighted by molar-refractivity contribution is 6.00. The van der Waals surface area contributed by atoms with E-state index in [1.54, 1.807) is 31.6 Å². The van der Waals surface area contributed by atoms with Gasteiger partial charge in [-0.05, 0) is 48.2 Å². The van der Waals surface area contributed by atoms with Crippen LogP contribution < -0.4 is 10.1 Å². The maximum Gasteiger partial charge on any atom is 0.244 e. The van der Waals surface area contributed by atoms with Crippen LogP contribution in [0.2, 0.25) is 0 Å². The molecule has 0 aliphatic rings. The van der Waals surface area contributed by atoms with E-state index in [4.69, 9.17) is 9.15 Å². The molecule has 4 aromatic rings. The smallest absolute Gasteiger partial charge is 0.244 e. The molecule has 1 heterocycles. The Balaban J connectivity index is 1.54. The van der Waals surface area contributed by atoms with Gasteiger partial charge in [0.05, 0.1) is 13.4 Å². The number of benzene rings is 3. The summed E-state index contributed by atoms with van der Waals surface area (Å²) in [6.07, 6.45) is 3.94. The molecule has 1 amide bonds. The summed E-state index contributed by atoms with van der Waals surface area (Å²) in [4.78, 5) is 12.5. The standard InChI is InChI=1S/C27H24FNO3/c1-18(14-27(30)29-13-12-19-8-10-21(28)11-9-19)22-15-23-24(20-6-4-3-5-7-20)17-32-26(23)16-25(22)31-2/h3-11,14-17H,12-13H2,1-2H3,(H,29,30)/b18-14+. The van der Waals surface area contributed by atoms with Crippen molar-refractivity contribution in [3.63, 3.8) is 0 Å². The normalized spacial score (nSPS) is 11.5. The molecule has 32 heavy (non-hydrogen) atoms. The van der Waals surface area contributed by atoms with Gasteiger partial charge in [-0.2, -0.15) is 0 Å². The Morgan fingerprint density at radius 3 is 2.56 bits per heavy atom. The zero-order valence-electron chi connectivity index (χ0n) is 18.0. The van der Waals surface area contributed by atoms with Crippen LogP contribution in [0.15, 0.2) is 83.5 Å². The lowest BCUT2D eigenvalue weighted by molar-refractivity contribution is -0.116. The van der Waals surface area contributed by atoms with Gasteiger partial charge in [0.15, 0.2) is 0 Å². The van der Waals surface area contributed by atoms with E-state index in [1.165, 1.54) is 12.1 Å². The van der Waals surface area contributed by atoms with Crippen LogP contribution in [0.5, 0.6) is 5.75 Å². The van der Waals surface area contributed by atoms with Crippen LogP contribution in [0.4, 0.5) is 4.39 Å². The third kappa shape index (κ3) is 4.72. The van der Waals surface area contributed by atoms with Gasteiger partial charge in [-0.15, -0.1) is 0 Å². The first-order valence-corrected chi connectivity index (χ1v) is 10.4. The molecule has 5 heteroatoms. The average molecular weight is 429 g/mol. The summed E-state index contributed by atoms with van der Waals surface area (Å²) < 4.78 is 24.3. The molecule has 0 fully saturated rings. The Morgan fingerprint density at radius 2 is 1.84 bits per heavy atom. The second kappa shape index (κ2) is 9.52. The van der Waals surface area contributed by atoms with Crippen molar-refractivity contribution >= 4 is 22.4 Å². The number of amides is 1. The SMILES string of the molecule is COc1cc2occ(-c3ccccc3)c2cc1/C(C)=C/C(=O)NCCc1ccc(F)cc1. The van der Waals surface area contributed by atoms with Gasteiger partial charge in [-0.25, -0.2) is 4.39 Å². The van der Waals surface area contributed by atoms with E-state index in [1.807, 2.05) is 49.4 Å². The van der Waals surface area contributed by atoms with E-state index in [0.717, 1.165) is 38.8 Å². The van der Waals surface area contributed by atoms with Gasteiger partial charge >= 0.3 is 0 Å². The third-order valence-corrected chi connectivity index (χ3v) is 5.38. The van der Waals surface area contributed by atoms with Gasteiger partial charge in [0.2, 0.25) is 5.91 Å². The van der Waals surface area contributed by atoms with Crippen molar-refractivity contribution in [1.29, 1.82) is 0 Å². The molecule has 0 radical (unpaired) electrons. The highest BCUT2D eigenvalue weighted by Crippen LogP contribution is 2.37. The van der Waals surface area contributed by atoms with E-state index in [-0.39, 0.29) is 11.7 Å². The Hall–Kier alpha value is -3.86. The predicted molar refractivity (Wildman–Crippen MR) is 125 cm³/mol. The number of hydrogen-bond acceptors (Lipinski definition) is 3. The van der Waals surface area contributed by atoms with Crippen molar-refractivity contribution in [2.24, 2.45) is 0 Å². The second-order valence-electron chi connectivity index (χ2n) is 7.56. The number of allylic oxidation sites excluding steroid dienone is 1. The summed E-state index contributed by atoms with van der Waals surface area (Å²) in [7, 11) is 1.60. The van der Waals surface area contributed by atoms with Crippen LogP contribution in [0, 0.1) is 5.82 Å². The lowest BCUT2D eigenvalue weighted by Crippen LogP contribution is -2.23. The molecule has 4 nitrogen and oxygen atoms in total. The van der Waals surface area contributed by atoms with Gasteiger partial charge in [-0.1, -0.05) is 42.5 Å². The summed E-state index contributed by atoms with van der Waals surface area (Å²) in [5.74, 6) is 0.178. The zero-order chi connectivity index (χ0) is 22.5. The molecule has 0 atom stereocenters. The van der Waals surface area contributed by atoms with Crippen molar-refractivity contribution < 1.29 is 18.3 Å². The van der Waals surface area contributed by atoms with Gasteiger partial charge in [0, 0.05) is 35.2 Å². The van der Waals surface area contributed by atoms with Gasteiger partial charge in [0.25, 0.3) is 0 Å². The Labute approximate surface area is 186 Å². The number of nitrogens with one attached hydrogen (secondary N) is 1. The monoisotopic (exact) mass is 429 g/mol. The summed E-state index contributed by atoms with van der Waals surface area (Å²) >= 11 is 0. The van der Waals surface area contributed by atoms with Crippen LogP contribution >= 0.6 is 0 Å². The first kappa shape index (κ1) is 21.4. The fraction of sp³-hybridized carbons (Fsp3) is 0.148. The van der Waals surface area contributed by atoms with Gasteiger partial charge in [-0.3, -0.25) is 4.79 Å². The number of methoxy groups -OCH3 is 1. The topological polar surface area (TPSA) is 51.5 Å². The highest BCUT2D eigenvalue weighted by atomic mass is 19.1. The first-order valence-electron chi connectivity index (χ1n) is 10.4. The van der Waals surface area contributed by atoms with Crippen molar-refractivity contribution in [2.45, 2.75) is 13.3 Å². The van der Waals surface area contributed by atoms with Crippen molar-refractivity contribution in [3.05, 3.63) is 96.0 Å². The molecule has 0 saturated heterocycles. The summed E-state index contributed by atoms with van der Waals surface area (Å²) in [6, 6.07) is 20.1. The molecular formula is C27H24FNO3. The van der Waals surface area contributed by atoms with Crippen LogP contribution in [0.1, 0.15) is 18.1 Å². The van der Waals surface area contributed by atoms with E-state index < -0.39 is 0 Å². The lowest BCUT2D eigenvalue weighted by Gasteiger charge is -2.10. The van der Waals surface area contributed by atoms with Crippen LogP contribution in [0.3, 0.4) is 0 Å². The lowest BCUT2D eigenvalue weighted by atomic mass is 9.99. The molecule has 0 aliphatic carbocycles. The van der Waals surface area contributed by atoms with Crippen LogP contribution in [-0.4, -0.2) is 19.6 Å². The van der Waals surface area contributed by atoms with E-state index in [2.05, 4.69) is 5.32 Å². The number of carbonyl (C=O) groups is 1. The predicted octanol–water partition coefficient (Wildman–Crippen LogP) is 6.01. The molecule has 0 bridgehead atoms. The number of halogens is 1. The Bertz CT molecular complexity index is 1260. The highest BCUT2D eigenvalue weighted by Gasteiger charge is 2.14. The summed E-state index contributed by atoms with van der Waals surface area (Å²) in [6.45, 7) is 2.34. The minimum absolute atomic E-state index is 0.192. The molecule has 4 rings (SSSR count). The molecule has 0 aliphatic heterocycles. The number of hydrogen-bond donors (Lipinski definition) is 1. The maximum absolute atomic E-state index is 13.0. The van der Waals surface area contributed by atoms with Crippen molar-refractivity contribution in [1.82, 2.24) is 5.32 Å². The van der Waals surface area contributed by atoms with Crippen LogP contribution in [-0.2, 0) is 11.2 Å². The van der Waals surface area contributed by atoms with Gasteiger partial charge in [0.1, 0.15) is 17.1 Å². The van der Waals surface area contributed by atoms with Crippen LogP contribution in [0.25, 0.3) is 27.7 Å². The fourth-order valence-electron chi connectivity index (χ4n) is 3.68. The minimum atomic E-state index is -0.268. The molecule has 162 valence electrons. The molecule has 1 N–H and O–H groups in total. The zero-order valence-corrected chi connectivity index (χ0v) is 18.0. The minimum Gasteiger partial charge on any atom is -0.496 e. The van der Waals surface area contributed by atoms with E-state index in [0.29, 0.717) is 18.7 Å². The molecule has 0 saturated carbocycles. The average Bonchev–Trinajstić information content (AvgIpc) is 3.23. The number of ether oxygens (including phenoxy) is 1. The van der Waals surface area contributed by atoms with E-state index in [9.17, 15) is 9.18 Å². The third-order valence-electron chi connectivity index (χ3n) is 5.38. The van der Waals surface area contributed by atoms with Gasteiger partial charge < -0.3 is 14.5 Å². The molecule has 0 spiro atoms. The second-order valence-corrected chi connectivity index (χ2v) is 7.56. The largest absolute Gasteiger partial charge is 0.496 e. The Morgan fingerprint density at radius 1 is 1.09 bits per heavy atom. The van der Waals surface area contributed by atoms with Crippen molar-refractivity contribution in [3.8, 4) is 16.9 Å². The van der Waals surface area contributed by atoms with Crippen molar-refractivity contribution in [2.75, 3.05) is 13.7 Å². The number of furan rings is 1. The molecule has 3 aromatic carbocycles. The molecular weight excluding hydrogens is 405 g/mol. The Kier molecular flexibility index (Phi) is 6.36.